The number of hydrogen-bond donors (Lipinski definition) is 2. The zero-order valence-electron chi connectivity index (χ0n) is 15.4. The first-order chi connectivity index (χ1) is 12.9. The van der Waals surface area contributed by atoms with Gasteiger partial charge in [-0.2, -0.15) is 13.2 Å². The minimum absolute atomic E-state index is 0.00499. The fourth-order valence-corrected chi connectivity index (χ4v) is 4.14. The highest BCUT2D eigenvalue weighted by Gasteiger charge is 2.37. The largest absolute Gasteiger partial charge is 0.416 e. The molecule has 1 saturated heterocycles. The van der Waals surface area contributed by atoms with Crippen molar-refractivity contribution in [2.24, 2.45) is 0 Å². The zero-order chi connectivity index (χ0) is 19.3. The number of hydrogen-bond acceptors (Lipinski definition) is 3. The number of carbonyl (C=O) groups excluding carboxylic acids is 1. The van der Waals surface area contributed by atoms with E-state index < -0.39 is 17.2 Å². The maximum absolute atomic E-state index is 13.1. The molecule has 1 aliphatic heterocycles. The van der Waals surface area contributed by atoms with Gasteiger partial charge in [0.2, 0.25) is 5.91 Å². The maximum Gasteiger partial charge on any atom is 0.416 e. The van der Waals surface area contributed by atoms with E-state index >= 15 is 0 Å². The van der Waals surface area contributed by atoms with Crippen LogP contribution in [0, 0.1) is 0 Å². The van der Waals surface area contributed by atoms with Crippen LogP contribution in [0.15, 0.2) is 24.3 Å². The third-order valence-corrected chi connectivity index (χ3v) is 5.67. The zero-order valence-corrected chi connectivity index (χ0v) is 15.4. The van der Waals surface area contributed by atoms with E-state index in [2.05, 4.69) is 10.6 Å². The molecule has 7 heteroatoms. The van der Waals surface area contributed by atoms with Crippen LogP contribution in [-0.2, 0) is 21.1 Å². The Hall–Kier alpha value is -1.60. The van der Waals surface area contributed by atoms with Crippen LogP contribution >= 0.6 is 0 Å². The van der Waals surface area contributed by atoms with Crippen molar-refractivity contribution in [2.75, 3.05) is 26.3 Å². The van der Waals surface area contributed by atoms with Gasteiger partial charge in [-0.3, -0.25) is 4.79 Å². The molecule has 0 spiro atoms. The lowest BCUT2D eigenvalue weighted by molar-refractivity contribution is -0.137. The summed E-state index contributed by atoms with van der Waals surface area (Å²) in [5.41, 5.74) is -0.373. The lowest BCUT2D eigenvalue weighted by Crippen LogP contribution is -2.47. The van der Waals surface area contributed by atoms with E-state index in [1.807, 2.05) is 0 Å². The Bertz CT molecular complexity index is 636. The summed E-state index contributed by atoms with van der Waals surface area (Å²) in [5, 5.41) is 6.22. The Kier molecular flexibility index (Phi) is 6.42. The molecular formula is C20H27F3N2O2. The van der Waals surface area contributed by atoms with Gasteiger partial charge in [0.15, 0.2) is 0 Å². The molecule has 1 saturated carbocycles. The predicted octanol–water partition coefficient (Wildman–Crippen LogP) is 3.40. The van der Waals surface area contributed by atoms with Crippen molar-refractivity contribution in [1.29, 1.82) is 0 Å². The van der Waals surface area contributed by atoms with E-state index in [0.29, 0.717) is 31.7 Å². The first kappa shape index (κ1) is 20.1. The molecule has 27 heavy (non-hydrogen) atoms. The summed E-state index contributed by atoms with van der Waals surface area (Å²) < 4.78 is 44.8. The minimum atomic E-state index is -4.36. The van der Waals surface area contributed by atoms with Crippen molar-refractivity contribution < 1.29 is 22.7 Å². The molecule has 1 unspecified atom stereocenters. The minimum Gasteiger partial charge on any atom is -0.378 e. The van der Waals surface area contributed by atoms with Crippen molar-refractivity contribution in [1.82, 2.24) is 10.6 Å². The summed E-state index contributed by atoms with van der Waals surface area (Å²) >= 11 is 0. The number of morpholine rings is 1. The number of rotatable bonds is 5. The van der Waals surface area contributed by atoms with Gasteiger partial charge in [0.05, 0.1) is 18.8 Å². The van der Waals surface area contributed by atoms with Gasteiger partial charge < -0.3 is 15.4 Å². The number of halogens is 3. The number of amides is 1. The van der Waals surface area contributed by atoms with Crippen molar-refractivity contribution in [2.45, 2.75) is 56.2 Å². The quantitative estimate of drug-likeness (QED) is 0.818. The molecule has 1 heterocycles. The van der Waals surface area contributed by atoms with Gasteiger partial charge >= 0.3 is 6.18 Å². The molecule has 0 bridgehead atoms. The van der Waals surface area contributed by atoms with Gasteiger partial charge in [0, 0.05) is 31.0 Å². The number of alkyl halides is 3. The molecule has 0 aromatic heterocycles. The van der Waals surface area contributed by atoms with Gasteiger partial charge in [0.1, 0.15) is 0 Å². The molecule has 0 radical (unpaired) electrons. The summed E-state index contributed by atoms with van der Waals surface area (Å²) in [6.07, 6.45) is 0.547. The predicted molar refractivity (Wildman–Crippen MR) is 96.4 cm³/mol. The highest BCUT2D eigenvalue weighted by molar-refractivity contribution is 5.76. The van der Waals surface area contributed by atoms with Crippen LogP contribution in [0.3, 0.4) is 0 Å². The Morgan fingerprint density at radius 3 is 2.70 bits per heavy atom. The normalized spacial score (nSPS) is 23.0. The van der Waals surface area contributed by atoms with E-state index in [9.17, 15) is 18.0 Å². The molecule has 1 atom stereocenters. The van der Waals surface area contributed by atoms with Crippen molar-refractivity contribution in [3.8, 4) is 0 Å². The molecule has 4 nitrogen and oxygen atoms in total. The molecule has 2 N–H and O–H groups in total. The third-order valence-electron chi connectivity index (χ3n) is 5.67. The molecule has 1 aliphatic carbocycles. The Morgan fingerprint density at radius 2 is 2.04 bits per heavy atom. The molecule has 150 valence electrons. The van der Waals surface area contributed by atoms with E-state index in [1.165, 1.54) is 12.1 Å². The molecular weight excluding hydrogens is 357 g/mol. The second-order valence-electron chi connectivity index (χ2n) is 7.63. The smallest absolute Gasteiger partial charge is 0.378 e. The topological polar surface area (TPSA) is 50.4 Å². The molecule has 3 rings (SSSR count). The van der Waals surface area contributed by atoms with E-state index in [1.54, 1.807) is 6.07 Å². The summed E-state index contributed by atoms with van der Waals surface area (Å²) in [7, 11) is 0. The van der Waals surface area contributed by atoms with Gasteiger partial charge in [-0.1, -0.05) is 37.5 Å². The number of carbonyl (C=O) groups is 1. The average Bonchev–Trinajstić information content (AvgIpc) is 2.67. The molecule has 1 amide bonds. The summed E-state index contributed by atoms with van der Waals surface area (Å²) in [4.78, 5) is 12.4. The lowest BCUT2D eigenvalue weighted by Gasteiger charge is -2.38. The van der Waals surface area contributed by atoms with Crippen molar-refractivity contribution in [3.05, 3.63) is 35.4 Å². The fraction of sp³-hybridized carbons (Fsp3) is 0.650. The van der Waals surface area contributed by atoms with Crippen molar-refractivity contribution in [3.63, 3.8) is 0 Å². The highest BCUT2D eigenvalue weighted by Crippen LogP contribution is 2.41. The number of nitrogens with one attached hydrogen (secondary N) is 2. The van der Waals surface area contributed by atoms with Crippen LogP contribution in [0.4, 0.5) is 13.2 Å². The highest BCUT2D eigenvalue weighted by atomic mass is 19.4. The van der Waals surface area contributed by atoms with Crippen LogP contribution in [0.25, 0.3) is 0 Å². The van der Waals surface area contributed by atoms with Gasteiger partial charge in [0.25, 0.3) is 0 Å². The average molecular weight is 384 g/mol. The molecule has 1 aromatic rings. The number of benzene rings is 1. The van der Waals surface area contributed by atoms with Gasteiger partial charge in [-0.05, 0) is 24.5 Å². The summed E-state index contributed by atoms with van der Waals surface area (Å²) in [6, 6.07) is 5.60. The van der Waals surface area contributed by atoms with Crippen LogP contribution in [0.2, 0.25) is 0 Å². The Morgan fingerprint density at radius 1 is 1.26 bits per heavy atom. The van der Waals surface area contributed by atoms with Gasteiger partial charge in [-0.25, -0.2) is 0 Å². The molecule has 2 fully saturated rings. The second-order valence-corrected chi connectivity index (χ2v) is 7.63. The lowest BCUT2D eigenvalue weighted by atomic mass is 9.69. The van der Waals surface area contributed by atoms with Crippen LogP contribution in [0.1, 0.15) is 49.7 Å². The van der Waals surface area contributed by atoms with E-state index in [4.69, 9.17) is 4.74 Å². The van der Waals surface area contributed by atoms with Crippen molar-refractivity contribution >= 4 is 5.91 Å². The van der Waals surface area contributed by atoms with Gasteiger partial charge in [-0.15, -0.1) is 0 Å². The second kappa shape index (κ2) is 8.61. The van der Waals surface area contributed by atoms with Crippen LogP contribution in [-0.4, -0.2) is 38.3 Å². The summed E-state index contributed by atoms with van der Waals surface area (Å²) in [5.74, 6) is -0.0880. The standard InChI is InChI=1S/C20H27F3N2O2/c21-20(22,23)16-6-4-5-15(11-16)19(7-2-1-3-8-19)14-25-18(26)12-17-13-27-10-9-24-17/h4-6,11,17,24H,1-3,7-10,12-14H2,(H,25,26). The molecule has 2 aliphatic rings. The first-order valence-corrected chi connectivity index (χ1v) is 9.65. The molecule has 1 aromatic carbocycles. The fourth-order valence-electron chi connectivity index (χ4n) is 4.14. The van der Waals surface area contributed by atoms with Crippen LogP contribution in [0.5, 0.6) is 0 Å². The first-order valence-electron chi connectivity index (χ1n) is 9.65. The van der Waals surface area contributed by atoms with E-state index in [0.717, 1.165) is 44.7 Å². The summed E-state index contributed by atoms with van der Waals surface area (Å²) in [6.45, 7) is 2.26. The maximum atomic E-state index is 13.1. The third kappa shape index (κ3) is 5.23. The van der Waals surface area contributed by atoms with E-state index in [-0.39, 0.29) is 11.9 Å². The monoisotopic (exact) mass is 384 g/mol. The Balaban J connectivity index is 1.70. The number of ether oxygens (including phenoxy) is 1. The van der Waals surface area contributed by atoms with Crippen LogP contribution < -0.4 is 10.6 Å². The Labute approximate surface area is 157 Å². The SMILES string of the molecule is O=C(CC1COCCN1)NCC1(c2cccc(C(F)(F)F)c2)CCCCC1.